The van der Waals surface area contributed by atoms with Crippen LogP contribution in [0.15, 0.2) is 60.7 Å². The van der Waals surface area contributed by atoms with E-state index in [2.05, 4.69) is 178 Å². The molecule has 0 aliphatic rings. The molecule has 342 valence electrons. The van der Waals surface area contributed by atoms with Gasteiger partial charge in [-0.15, -0.1) is 29.1 Å². The van der Waals surface area contributed by atoms with Crippen molar-refractivity contribution in [2.24, 2.45) is 0 Å². The molecule has 4 aromatic carbocycles. The van der Waals surface area contributed by atoms with E-state index in [1.165, 1.54) is 96.0 Å². The van der Waals surface area contributed by atoms with Gasteiger partial charge in [-0.1, -0.05) is 224 Å². The third kappa shape index (κ3) is 15.4. The molecule has 0 aliphatic heterocycles. The van der Waals surface area contributed by atoms with Crippen molar-refractivity contribution in [2.45, 2.75) is 209 Å². The van der Waals surface area contributed by atoms with Gasteiger partial charge in [-0.25, -0.2) is 11.3 Å². The smallest absolute Gasteiger partial charge is 0 e. The second-order valence-corrected chi connectivity index (χ2v) is 21.4. The van der Waals surface area contributed by atoms with Crippen LogP contribution >= 0.6 is 0 Å². The third-order valence-corrected chi connectivity index (χ3v) is 11.8. The number of para-hydroxylation sites is 2. The first-order chi connectivity index (χ1) is 28.0. The molecule has 0 spiro atoms. The van der Waals surface area contributed by atoms with Crippen LogP contribution in [0.2, 0.25) is 0 Å². The Kier molecular flexibility index (Phi) is 20.6. The van der Waals surface area contributed by atoms with Gasteiger partial charge in [0.2, 0.25) is 0 Å². The third-order valence-electron chi connectivity index (χ3n) is 11.8. The number of hydrogen-bond acceptors (Lipinski definition) is 0. The normalized spacial score (nSPS) is 12.1. The summed E-state index contributed by atoms with van der Waals surface area (Å²) in [5, 5.41) is 10.5. The summed E-state index contributed by atoms with van der Waals surface area (Å²) in [6.45, 7) is 40.4. The summed E-state index contributed by atoms with van der Waals surface area (Å²) in [5.41, 5.74) is 25.2. The Morgan fingerprint density at radius 3 is 1.08 bits per heavy atom. The van der Waals surface area contributed by atoms with Crippen molar-refractivity contribution in [3.8, 4) is 0 Å². The molecule has 0 fully saturated rings. The van der Waals surface area contributed by atoms with Gasteiger partial charge in [0.1, 0.15) is 0 Å². The molecule has 1 N–H and O–H groups in total. The van der Waals surface area contributed by atoms with Crippen molar-refractivity contribution < 1.29 is 16.5 Å². The fourth-order valence-corrected chi connectivity index (χ4v) is 7.69. The maximum Gasteiger partial charge on any atom is 0 e. The molecule has 4 heteroatoms. The van der Waals surface area contributed by atoms with Crippen LogP contribution in [0.5, 0.6) is 0 Å². The first-order valence-corrected chi connectivity index (χ1v) is 23.5. The molecule has 0 heterocycles. The van der Waals surface area contributed by atoms with Gasteiger partial charge in [0.05, 0.1) is 0 Å². The molecule has 61 heavy (non-hydrogen) atoms. The van der Waals surface area contributed by atoms with E-state index in [1.807, 2.05) is 0 Å². The maximum absolute atomic E-state index is 8.98. The van der Waals surface area contributed by atoms with E-state index in [0.717, 1.165) is 53.9 Å². The molecule has 0 saturated carbocycles. The average molecular weight is 871 g/mol. The Morgan fingerprint density at radius 2 is 0.770 bits per heavy atom. The van der Waals surface area contributed by atoms with E-state index in [4.69, 9.17) is 16.4 Å². The van der Waals surface area contributed by atoms with Gasteiger partial charge in [-0.2, -0.15) is 18.3 Å². The predicted molar refractivity (Wildman–Crippen MR) is 269 cm³/mol. The van der Waals surface area contributed by atoms with Crippen LogP contribution in [0.3, 0.4) is 0 Å². The van der Waals surface area contributed by atoms with E-state index in [-0.39, 0.29) is 38.2 Å². The number of rotatable bonds is 16. The fraction of sp³-hybridized carbons (Fsp3) is 0.561. The van der Waals surface area contributed by atoms with E-state index in [1.54, 1.807) is 0 Å². The zero-order valence-corrected chi connectivity index (χ0v) is 42.7. The van der Waals surface area contributed by atoms with Crippen LogP contribution in [-0.4, -0.2) is 0 Å². The predicted octanol–water partition coefficient (Wildman–Crippen LogP) is 19.5. The minimum absolute atomic E-state index is 0. The second-order valence-electron chi connectivity index (χ2n) is 21.4. The van der Waals surface area contributed by atoms with E-state index < -0.39 is 0 Å². The Hall–Kier alpha value is -3.36. The van der Waals surface area contributed by atoms with Crippen molar-refractivity contribution in [2.75, 3.05) is 0 Å². The number of benzene rings is 4. The van der Waals surface area contributed by atoms with Crippen LogP contribution in [0, 0.1) is 6.92 Å². The zero-order valence-electron chi connectivity index (χ0n) is 41.7. The minimum Gasteiger partial charge on any atom is -0.715 e. The van der Waals surface area contributed by atoms with Crippen LogP contribution in [0.1, 0.15) is 212 Å². The average Bonchev–Trinajstić information content (AvgIpc) is 3.15. The van der Waals surface area contributed by atoms with Gasteiger partial charge in [-0.3, -0.25) is 0 Å². The van der Waals surface area contributed by atoms with Crippen molar-refractivity contribution in [1.29, 1.82) is 0 Å². The van der Waals surface area contributed by atoms with Crippen molar-refractivity contribution in [1.82, 2.24) is 0 Å². The molecule has 0 amide bonds. The SMILES string of the molecule is CCCCc1cccc(CCCC)c1[N-]c1cc(C(C)(C)C)cc(C(C)(C)C)c1[NH-].[CH2-]c1c([N-]c2c(CCCC)cccc2CCCC)cc(C(C)(C)C)cc1C(C)(C)C.[Ni]. The van der Waals surface area contributed by atoms with E-state index in [0.29, 0.717) is 5.69 Å². The van der Waals surface area contributed by atoms with Crippen LogP contribution in [-0.2, 0) is 63.8 Å². The molecular formula is C57H85N3Ni-4. The zero-order chi connectivity index (χ0) is 45.1. The van der Waals surface area contributed by atoms with Crippen molar-refractivity contribution in [3.63, 3.8) is 0 Å². The van der Waals surface area contributed by atoms with Gasteiger partial charge in [0.15, 0.2) is 0 Å². The molecule has 0 radical (unpaired) electrons. The topological polar surface area (TPSA) is 52.0 Å². The summed E-state index contributed by atoms with van der Waals surface area (Å²) in [6.07, 6.45) is 13.8. The number of nitrogens with one attached hydrogen (secondary N) is 1. The van der Waals surface area contributed by atoms with Crippen molar-refractivity contribution in [3.05, 3.63) is 134 Å². The molecule has 0 bridgehead atoms. The Balaban J connectivity index is 0.000000413. The largest absolute Gasteiger partial charge is 0.715 e. The van der Waals surface area contributed by atoms with Crippen LogP contribution in [0.4, 0.5) is 28.4 Å². The van der Waals surface area contributed by atoms with Gasteiger partial charge in [0.25, 0.3) is 0 Å². The Labute approximate surface area is 386 Å². The van der Waals surface area contributed by atoms with Gasteiger partial charge in [-0.05, 0) is 73.2 Å². The van der Waals surface area contributed by atoms with E-state index in [9.17, 15) is 0 Å². The summed E-state index contributed by atoms with van der Waals surface area (Å²) >= 11 is 0. The van der Waals surface area contributed by atoms with Crippen LogP contribution in [0.25, 0.3) is 16.4 Å². The molecular weight excluding hydrogens is 785 g/mol. The first kappa shape index (κ1) is 53.8. The summed E-state index contributed by atoms with van der Waals surface area (Å²) in [7, 11) is 0. The maximum atomic E-state index is 8.98. The monoisotopic (exact) mass is 870 g/mol. The summed E-state index contributed by atoms with van der Waals surface area (Å²) in [6, 6.07) is 22.4. The van der Waals surface area contributed by atoms with Gasteiger partial charge >= 0.3 is 0 Å². The molecule has 0 saturated heterocycles. The number of nitrogens with zero attached hydrogens (tertiary/aromatic N) is 2. The van der Waals surface area contributed by atoms with Gasteiger partial charge in [0, 0.05) is 16.5 Å². The molecule has 0 aromatic heterocycles. The van der Waals surface area contributed by atoms with Crippen LogP contribution < -0.4 is 0 Å². The molecule has 0 aliphatic carbocycles. The summed E-state index contributed by atoms with van der Waals surface area (Å²) in [5.74, 6) is 0. The molecule has 3 nitrogen and oxygen atoms in total. The standard InChI is InChI=1S/C29H43N.C28H42N2.Ni/c1-10-12-15-22-17-14-18-23(16-13-11-2)27(22)30-26-20-24(28(4,5)6)19-25(21(26)3)29(7,8)9;1-9-11-14-20-16-13-17-21(15-12-10-2)26(20)30-24-19-22(27(3,4)5)18-23(25(24)29)28(6,7)8;/h14,17-20H,3,10-13,15-16H2,1-2,4-9H3;13,16-19,29H,9-12,14-15H2,1-8H3;/q2*-2;. The quantitative estimate of drug-likeness (QED) is 0.0796. The Bertz CT molecular complexity index is 1760. The van der Waals surface area contributed by atoms with Crippen molar-refractivity contribution >= 4 is 28.4 Å². The molecule has 0 atom stereocenters. The number of hydrogen-bond donors (Lipinski definition) is 0. The Morgan fingerprint density at radius 1 is 0.459 bits per heavy atom. The minimum atomic E-state index is -0.0879. The van der Waals surface area contributed by atoms with Gasteiger partial charge < -0.3 is 16.4 Å². The summed E-state index contributed by atoms with van der Waals surface area (Å²) in [4.78, 5) is 0. The summed E-state index contributed by atoms with van der Waals surface area (Å²) < 4.78 is 0. The molecule has 4 aromatic rings. The molecule has 4 rings (SSSR count). The number of unbranched alkanes of at least 4 members (excludes halogenated alkanes) is 4. The first-order valence-electron chi connectivity index (χ1n) is 23.5. The van der Waals surface area contributed by atoms with E-state index >= 15 is 0 Å². The number of aryl methyl sites for hydroxylation is 4. The molecule has 0 unspecified atom stereocenters. The fourth-order valence-electron chi connectivity index (χ4n) is 7.69. The second kappa shape index (κ2) is 23.4.